The molecule has 2 rings (SSSR count). The molecule has 154 valence electrons. The number of hydrogen-bond donors (Lipinski definition) is 2. The van der Waals surface area contributed by atoms with Crippen molar-refractivity contribution in [3.63, 3.8) is 0 Å². The molecule has 8 nitrogen and oxygen atoms in total. The van der Waals surface area contributed by atoms with Crippen LogP contribution in [0, 0.1) is 23.2 Å². The van der Waals surface area contributed by atoms with Gasteiger partial charge in [0.1, 0.15) is 6.10 Å². The Morgan fingerprint density at radius 3 is 2.54 bits per heavy atom. The molecule has 1 aliphatic carbocycles. The summed E-state index contributed by atoms with van der Waals surface area (Å²) in [4.78, 5) is 47.8. The zero-order chi connectivity index (χ0) is 21.2. The highest BCUT2D eigenvalue weighted by atomic mass is 16.6. The second-order valence-corrected chi connectivity index (χ2v) is 7.67. The summed E-state index contributed by atoms with van der Waals surface area (Å²) in [5.74, 6) is -5.32. The molecule has 0 amide bonds. The fraction of sp³-hybridized carbons (Fsp3) is 0.600. The third-order valence-corrected chi connectivity index (χ3v) is 5.96. The summed E-state index contributed by atoms with van der Waals surface area (Å²) in [6.07, 6.45) is 0.936. The quantitative estimate of drug-likeness (QED) is 0.382. The van der Waals surface area contributed by atoms with Crippen LogP contribution < -0.4 is 0 Å². The topological polar surface area (TPSA) is 127 Å². The fourth-order valence-electron chi connectivity index (χ4n) is 4.89. The molecule has 28 heavy (non-hydrogen) atoms. The lowest BCUT2D eigenvalue weighted by Gasteiger charge is -2.49. The van der Waals surface area contributed by atoms with Crippen LogP contribution in [0.1, 0.15) is 39.5 Å². The van der Waals surface area contributed by atoms with E-state index in [1.807, 2.05) is 0 Å². The molecule has 1 saturated carbocycles. The number of methoxy groups -OCH3 is 1. The van der Waals surface area contributed by atoms with Gasteiger partial charge in [-0.05, 0) is 25.7 Å². The molecule has 2 aliphatic rings. The average molecular weight is 394 g/mol. The Morgan fingerprint density at radius 2 is 2.00 bits per heavy atom. The number of fused-ring (bicyclic) bond motifs is 1. The van der Waals surface area contributed by atoms with E-state index < -0.39 is 59.6 Å². The Bertz CT molecular complexity index is 736. The van der Waals surface area contributed by atoms with Crippen LogP contribution in [0.2, 0.25) is 0 Å². The monoisotopic (exact) mass is 394 g/mol. The number of carbonyl (C=O) groups excluding carboxylic acids is 2. The molecule has 2 N–H and O–H groups in total. The summed E-state index contributed by atoms with van der Waals surface area (Å²) < 4.78 is 10.4. The van der Waals surface area contributed by atoms with E-state index in [-0.39, 0.29) is 0 Å². The highest BCUT2D eigenvalue weighted by Crippen LogP contribution is 2.58. The molecule has 0 spiro atoms. The fourth-order valence-corrected chi connectivity index (χ4v) is 4.89. The van der Waals surface area contributed by atoms with Crippen molar-refractivity contribution in [1.82, 2.24) is 0 Å². The first-order valence-corrected chi connectivity index (χ1v) is 9.13. The largest absolute Gasteiger partial charge is 0.481 e. The molecule has 5 atom stereocenters. The minimum Gasteiger partial charge on any atom is -0.481 e. The second kappa shape index (κ2) is 8.16. The van der Waals surface area contributed by atoms with Crippen molar-refractivity contribution in [2.24, 2.45) is 23.2 Å². The number of esters is 2. The van der Waals surface area contributed by atoms with Gasteiger partial charge in [0.25, 0.3) is 0 Å². The van der Waals surface area contributed by atoms with Crippen LogP contribution in [0.5, 0.6) is 0 Å². The first-order chi connectivity index (χ1) is 13.0. The number of allylic oxidation sites excluding steroid dienone is 1. The van der Waals surface area contributed by atoms with Gasteiger partial charge < -0.3 is 19.7 Å². The maximum atomic E-state index is 13.0. The van der Waals surface area contributed by atoms with Crippen molar-refractivity contribution >= 4 is 23.9 Å². The van der Waals surface area contributed by atoms with Crippen molar-refractivity contribution < 1.29 is 38.9 Å². The predicted molar refractivity (Wildman–Crippen MR) is 97.1 cm³/mol. The van der Waals surface area contributed by atoms with Gasteiger partial charge in [-0.25, -0.2) is 4.79 Å². The van der Waals surface area contributed by atoms with Crippen molar-refractivity contribution in [1.29, 1.82) is 0 Å². The van der Waals surface area contributed by atoms with Crippen LogP contribution in [-0.4, -0.2) is 47.3 Å². The number of carboxylic acids is 2. The lowest BCUT2D eigenvalue weighted by atomic mass is 9.53. The van der Waals surface area contributed by atoms with Gasteiger partial charge in [-0.3, -0.25) is 14.4 Å². The molecule has 0 aromatic rings. The third-order valence-electron chi connectivity index (χ3n) is 5.96. The SMILES string of the molecule is C=C1C[C@@H]2OC(=O)[C@H](C)[C@@H]2[C@](CC(=O)O)(C(=O)OC)[C@@H]1CC/C(C)=C/C(=O)O. The van der Waals surface area contributed by atoms with Crippen molar-refractivity contribution in [3.8, 4) is 0 Å². The number of carbonyl (C=O) groups is 4. The van der Waals surface area contributed by atoms with Crippen LogP contribution in [0.4, 0.5) is 0 Å². The van der Waals surface area contributed by atoms with Gasteiger partial charge in [0.2, 0.25) is 0 Å². The van der Waals surface area contributed by atoms with Crippen LogP contribution in [0.3, 0.4) is 0 Å². The summed E-state index contributed by atoms with van der Waals surface area (Å²) in [7, 11) is 1.19. The number of ether oxygens (including phenoxy) is 2. The van der Waals surface area contributed by atoms with Crippen LogP contribution in [-0.2, 0) is 28.7 Å². The zero-order valence-corrected chi connectivity index (χ0v) is 16.3. The van der Waals surface area contributed by atoms with E-state index in [4.69, 9.17) is 14.6 Å². The molecular weight excluding hydrogens is 368 g/mol. The minimum atomic E-state index is -1.50. The summed E-state index contributed by atoms with van der Waals surface area (Å²) in [6, 6.07) is 0. The molecule has 0 aromatic carbocycles. The van der Waals surface area contributed by atoms with Gasteiger partial charge in [0, 0.05) is 18.4 Å². The number of hydrogen-bond acceptors (Lipinski definition) is 6. The van der Waals surface area contributed by atoms with E-state index in [1.54, 1.807) is 13.8 Å². The molecule has 1 heterocycles. The maximum Gasteiger partial charge on any atom is 0.328 e. The summed E-state index contributed by atoms with van der Waals surface area (Å²) in [5.41, 5.74) is -0.309. The van der Waals surface area contributed by atoms with Gasteiger partial charge in [0.05, 0.1) is 24.9 Å². The number of aliphatic carboxylic acids is 2. The average Bonchev–Trinajstić information content (AvgIpc) is 2.86. The summed E-state index contributed by atoms with van der Waals surface area (Å²) in [5, 5.41) is 18.5. The van der Waals surface area contributed by atoms with Crippen molar-refractivity contribution in [2.75, 3.05) is 7.11 Å². The lowest BCUT2D eigenvalue weighted by molar-refractivity contribution is -0.173. The van der Waals surface area contributed by atoms with E-state index in [9.17, 15) is 24.3 Å². The Kier molecular flexibility index (Phi) is 6.31. The van der Waals surface area contributed by atoms with E-state index in [2.05, 4.69) is 6.58 Å². The maximum absolute atomic E-state index is 13.0. The summed E-state index contributed by atoms with van der Waals surface area (Å²) >= 11 is 0. The summed E-state index contributed by atoms with van der Waals surface area (Å²) in [6.45, 7) is 7.33. The standard InChI is InChI=1S/C20H26O8/c1-10(7-15(21)22)5-6-13-11(2)8-14-17(12(3)18(25)28-14)20(13,9-16(23)24)19(26)27-4/h7,12-14,17H,2,5-6,8-9H2,1,3-4H3,(H,21,22)(H,23,24)/b10-7+/t12-,13-,14+,17+,20-/m1/s1. The third kappa shape index (κ3) is 3.81. The molecule has 0 radical (unpaired) electrons. The van der Waals surface area contributed by atoms with Crippen LogP contribution in [0.25, 0.3) is 0 Å². The van der Waals surface area contributed by atoms with Crippen LogP contribution in [0.15, 0.2) is 23.8 Å². The molecule has 0 bridgehead atoms. The smallest absolute Gasteiger partial charge is 0.328 e. The van der Waals surface area contributed by atoms with Gasteiger partial charge in [-0.1, -0.05) is 24.6 Å². The molecular formula is C20H26O8. The molecule has 2 fully saturated rings. The van der Waals surface area contributed by atoms with E-state index in [0.717, 1.165) is 6.08 Å². The van der Waals surface area contributed by atoms with Crippen LogP contribution >= 0.6 is 0 Å². The van der Waals surface area contributed by atoms with E-state index >= 15 is 0 Å². The lowest BCUT2D eigenvalue weighted by Crippen LogP contribution is -2.55. The Hall–Kier alpha value is -2.64. The van der Waals surface area contributed by atoms with Gasteiger partial charge in [-0.15, -0.1) is 0 Å². The van der Waals surface area contributed by atoms with Crippen molar-refractivity contribution in [2.45, 2.75) is 45.6 Å². The first kappa shape index (κ1) is 21.7. The molecule has 1 saturated heterocycles. The molecule has 0 unspecified atom stereocenters. The highest BCUT2D eigenvalue weighted by molar-refractivity contribution is 5.87. The van der Waals surface area contributed by atoms with Crippen molar-refractivity contribution in [3.05, 3.63) is 23.8 Å². The van der Waals surface area contributed by atoms with E-state index in [1.165, 1.54) is 7.11 Å². The highest BCUT2D eigenvalue weighted by Gasteiger charge is 2.65. The first-order valence-electron chi connectivity index (χ1n) is 9.13. The minimum absolute atomic E-state index is 0.320. The number of carboxylic acid groups (broad SMARTS) is 2. The second-order valence-electron chi connectivity index (χ2n) is 7.67. The molecule has 1 aliphatic heterocycles. The Labute approximate surface area is 163 Å². The van der Waals surface area contributed by atoms with Gasteiger partial charge >= 0.3 is 23.9 Å². The molecule has 8 heteroatoms. The number of rotatable bonds is 7. The molecule has 0 aromatic heterocycles. The van der Waals surface area contributed by atoms with E-state index in [0.29, 0.717) is 30.4 Å². The van der Waals surface area contributed by atoms with Gasteiger partial charge in [0.15, 0.2) is 0 Å². The predicted octanol–water partition coefficient (Wildman–Crippen LogP) is 2.19. The Balaban J connectivity index is 2.53. The normalized spacial score (nSPS) is 32.5. The Morgan fingerprint density at radius 1 is 1.36 bits per heavy atom. The van der Waals surface area contributed by atoms with Gasteiger partial charge in [-0.2, -0.15) is 0 Å². The zero-order valence-electron chi connectivity index (χ0n) is 16.3.